The number of aromatic nitrogens is 2. The first kappa shape index (κ1) is 25.8. The highest BCUT2D eigenvalue weighted by Crippen LogP contribution is 2.25. The van der Waals surface area contributed by atoms with Gasteiger partial charge < -0.3 is 24.3 Å². The first-order valence-corrected chi connectivity index (χ1v) is 13.4. The van der Waals surface area contributed by atoms with E-state index in [1.807, 2.05) is 30.3 Å². The minimum Gasteiger partial charge on any atom is -0.477 e. The van der Waals surface area contributed by atoms with E-state index in [9.17, 15) is 19.1 Å². The van der Waals surface area contributed by atoms with Gasteiger partial charge in [0.05, 0.1) is 17.6 Å². The van der Waals surface area contributed by atoms with Gasteiger partial charge in [0.2, 0.25) is 5.95 Å². The first-order valence-electron chi connectivity index (χ1n) is 13.4. The van der Waals surface area contributed by atoms with E-state index in [4.69, 9.17) is 9.40 Å². The summed E-state index contributed by atoms with van der Waals surface area (Å²) in [6.45, 7) is 2.88. The second-order valence-electron chi connectivity index (χ2n) is 10.2. The van der Waals surface area contributed by atoms with Gasteiger partial charge in [0.25, 0.3) is 0 Å². The summed E-state index contributed by atoms with van der Waals surface area (Å²) in [7, 11) is 0. The average molecular weight is 541 g/mol. The molecule has 0 unspecified atom stereocenters. The van der Waals surface area contributed by atoms with Gasteiger partial charge in [-0.05, 0) is 60.7 Å². The molecule has 8 nitrogen and oxygen atoms in total. The highest BCUT2D eigenvalue weighted by molar-refractivity contribution is 5.95. The van der Waals surface area contributed by atoms with Crippen molar-refractivity contribution in [2.75, 3.05) is 25.0 Å². The lowest BCUT2D eigenvalue weighted by Gasteiger charge is -2.32. The van der Waals surface area contributed by atoms with Crippen LogP contribution >= 0.6 is 0 Å². The van der Waals surface area contributed by atoms with Crippen molar-refractivity contribution in [2.45, 2.75) is 31.8 Å². The van der Waals surface area contributed by atoms with Crippen molar-refractivity contribution >= 4 is 33.9 Å². The van der Waals surface area contributed by atoms with E-state index in [1.54, 1.807) is 30.3 Å². The molecule has 40 heavy (non-hydrogen) atoms. The molecular formula is C31H29FN4O4. The van der Waals surface area contributed by atoms with Crippen LogP contribution in [0.25, 0.3) is 22.0 Å². The van der Waals surface area contributed by atoms with Crippen LogP contribution in [-0.4, -0.2) is 51.2 Å². The van der Waals surface area contributed by atoms with Crippen LogP contribution in [0.5, 0.6) is 0 Å². The number of carboxylic acid groups (broad SMARTS) is 1. The summed E-state index contributed by atoms with van der Waals surface area (Å²) >= 11 is 0. The number of benzene rings is 3. The maximum absolute atomic E-state index is 13.5. The molecule has 9 heteroatoms. The van der Waals surface area contributed by atoms with Crippen LogP contribution in [0.4, 0.5) is 10.3 Å². The van der Waals surface area contributed by atoms with E-state index < -0.39 is 11.6 Å². The van der Waals surface area contributed by atoms with Crippen LogP contribution < -0.4 is 10.9 Å². The maximum Gasteiger partial charge on any atom is 0.351 e. The van der Waals surface area contributed by atoms with Gasteiger partial charge in [0, 0.05) is 31.1 Å². The number of fused-ring (bicyclic) bond motifs is 2. The molecule has 2 N–H and O–H groups in total. The van der Waals surface area contributed by atoms with E-state index in [1.165, 1.54) is 12.1 Å². The number of piperidine rings is 1. The fourth-order valence-corrected chi connectivity index (χ4v) is 5.56. The van der Waals surface area contributed by atoms with Gasteiger partial charge in [0.15, 0.2) is 0 Å². The van der Waals surface area contributed by atoms with E-state index in [2.05, 4.69) is 14.8 Å². The number of hydrogen-bond donors (Lipinski definition) is 2. The predicted octanol–water partition coefficient (Wildman–Crippen LogP) is 5.15. The highest BCUT2D eigenvalue weighted by Gasteiger charge is 2.24. The third-order valence-corrected chi connectivity index (χ3v) is 7.64. The SMILES string of the molecule is O=C(O)c1c(CCN2CCC(Nc3nc4ccccc4n3Cc3ccc(F)cc3)CC2)c2ccccc2oc1=O. The number of carboxylic acids is 1. The molecule has 1 aliphatic heterocycles. The largest absolute Gasteiger partial charge is 0.477 e. The Morgan fingerprint density at radius 3 is 2.52 bits per heavy atom. The second-order valence-corrected chi connectivity index (χ2v) is 10.2. The summed E-state index contributed by atoms with van der Waals surface area (Å²) in [4.78, 5) is 31.4. The zero-order valence-corrected chi connectivity index (χ0v) is 21.8. The zero-order chi connectivity index (χ0) is 27.6. The molecule has 3 heterocycles. The molecule has 2 aromatic heterocycles. The molecule has 0 aliphatic carbocycles. The highest BCUT2D eigenvalue weighted by atomic mass is 19.1. The molecule has 204 valence electrons. The van der Waals surface area contributed by atoms with Crippen LogP contribution in [0.2, 0.25) is 0 Å². The molecule has 0 atom stereocenters. The van der Waals surface area contributed by atoms with Gasteiger partial charge in [-0.3, -0.25) is 0 Å². The summed E-state index contributed by atoms with van der Waals surface area (Å²) in [6.07, 6.45) is 2.23. The minimum atomic E-state index is -1.26. The number of rotatable bonds is 8. The molecule has 3 aromatic carbocycles. The van der Waals surface area contributed by atoms with Crippen LogP contribution in [0, 0.1) is 5.82 Å². The smallest absolute Gasteiger partial charge is 0.351 e. The summed E-state index contributed by atoms with van der Waals surface area (Å²) in [5.74, 6) is -0.731. The number of aromatic carboxylic acids is 1. The first-order chi connectivity index (χ1) is 19.5. The number of hydrogen-bond acceptors (Lipinski definition) is 6. The maximum atomic E-state index is 13.5. The summed E-state index contributed by atoms with van der Waals surface area (Å²) in [5, 5.41) is 14.0. The zero-order valence-electron chi connectivity index (χ0n) is 21.8. The van der Waals surface area contributed by atoms with Crippen molar-refractivity contribution in [3.63, 3.8) is 0 Å². The normalized spacial score (nSPS) is 14.6. The second kappa shape index (κ2) is 10.9. The van der Waals surface area contributed by atoms with Crippen LogP contribution in [0.15, 0.2) is 82.0 Å². The van der Waals surface area contributed by atoms with Crippen LogP contribution in [0.1, 0.15) is 34.3 Å². The van der Waals surface area contributed by atoms with E-state index in [-0.39, 0.29) is 17.4 Å². The third kappa shape index (κ3) is 5.20. The van der Waals surface area contributed by atoms with E-state index >= 15 is 0 Å². The van der Waals surface area contributed by atoms with Crippen molar-refractivity contribution in [1.82, 2.24) is 14.5 Å². The number of anilines is 1. The van der Waals surface area contributed by atoms with Gasteiger partial charge in [0.1, 0.15) is 17.0 Å². The molecule has 0 amide bonds. The monoisotopic (exact) mass is 540 g/mol. The molecule has 0 spiro atoms. The predicted molar refractivity (Wildman–Crippen MR) is 151 cm³/mol. The molecule has 0 saturated carbocycles. The van der Waals surface area contributed by atoms with Crippen molar-refractivity contribution in [1.29, 1.82) is 0 Å². The number of imidazole rings is 1. The van der Waals surface area contributed by atoms with Gasteiger partial charge in [-0.25, -0.2) is 19.0 Å². The van der Waals surface area contributed by atoms with Gasteiger partial charge >= 0.3 is 11.6 Å². The molecular weight excluding hydrogens is 511 g/mol. The van der Waals surface area contributed by atoms with Gasteiger partial charge in [-0.15, -0.1) is 0 Å². The lowest BCUT2D eigenvalue weighted by Crippen LogP contribution is -2.40. The number of likely N-dealkylation sites (tertiary alicyclic amines) is 1. The van der Waals surface area contributed by atoms with E-state index in [0.29, 0.717) is 36.0 Å². The van der Waals surface area contributed by atoms with E-state index in [0.717, 1.165) is 48.5 Å². The fourth-order valence-electron chi connectivity index (χ4n) is 5.56. The van der Waals surface area contributed by atoms with Crippen molar-refractivity contribution in [3.8, 4) is 0 Å². The number of halogens is 1. The van der Waals surface area contributed by atoms with Crippen molar-refractivity contribution in [2.24, 2.45) is 0 Å². The van der Waals surface area contributed by atoms with Gasteiger partial charge in [-0.1, -0.05) is 42.5 Å². The molecule has 0 radical (unpaired) electrons. The number of para-hydroxylation sites is 3. The Bertz CT molecular complexity index is 1740. The quantitative estimate of drug-likeness (QED) is 0.263. The Hall–Kier alpha value is -4.50. The average Bonchev–Trinajstić information content (AvgIpc) is 3.29. The summed E-state index contributed by atoms with van der Waals surface area (Å²) < 4.78 is 20.8. The van der Waals surface area contributed by atoms with Crippen LogP contribution in [-0.2, 0) is 13.0 Å². The fraction of sp³-hybridized carbons (Fsp3) is 0.258. The lowest BCUT2D eigenvalue weighted by molar-refractivity contribution is 0.0691. The molecule has 6 rings (SSSR count). The summed E-state index contributed by atoms with van der Waals surface area (Å²) in [5.41, 5.74) is 2.74. The molecule has 0 bridgehead atoms. The third-order valence-electron chi connectivity index (χ3n) is 7.64. The topological polar surface area (TPSA) is 101 Å². The standard InChI is InChI=1S/C31H29FN4O4/c32-21-11-9-20(10-12-21)19-36-26-7-3-2-6-25(26)34-31(36)33-22-13-16-35(17-14-22)18-15-24-23-5-1-4-8-27(23)40-30(39)28(24)29(37)38/h1-12,22H,13-19H2,(H,33,34)(H,37,38). The lowest BCUT2D eigenvalue weighted by atomic mass is 10.00. The number of carbonyl (C=O) groups is 1. The summed E-state index contributed by atoms with van der Waals surface area (Å²) in [6, 6.07) is 21.8. The number of nitrogens with one attached hydrogen (secondary N) is 1. The molecule has 5 aromatic rings. The Morgan fingerprint density at radius 2 is 1.75 bits per heavy atom. The van der Waals surface area contributed by atoms with Gasteiger partial charge in [-0.2, -0.15) is 0 Å². The Labute approximate surface area is 229 Å². The Kier molecular flexibility index (Phi) is 7.04. The molecule has 1 saturated heterocycles. The Balaban J connectivity index is 1.14. The molecule has 1 aliphatic rings. The molecule has 1 fully saturated rings. The number of nitrogens with zero attached hydrogens (tertiary/aromatic N) is 3. The Morgan fingerprint density at radius 1 is 1.02 bits per heavy atom. The van der Waals surface area contributed by atoms with Crippen molar-refractivity contribution < 1.29 is 18.7 Å². The minimum absolute atomic E-state index is 0.221. The van der Waals surface area contributed by atoms with Crippen molar-refractivity contribution in [3.05, 3.63) is 106 Å². The van der Waals surface area contributed by atoms with Crippen LogP contribution in [0.3, 0.4) is 0 Å².